The SMILES string of the molecule is COC(=O)CN1C(=O)N(Cc2ccc(OC)cc2)C[C@]12CC[C@@](c1ccccc1)(N(C)C)CC2. The smallest absolute Gasteiger partial charge is 0.325 e. The Kier molecular flexibility index (Phi) is 6.84. The lowest BCUT2D eigenvalue weighted by Gasteiger charge is -2.50. The van der Waals surface area contributed by atoms with Crippen LogP contribution in [0.4, 0.5) is 4.79 Å². The number of hydrogen-bond donors (Lipinski definition) is 0. The van der Waals surface area contributed by atoms with Crippen LogP contribution in [0.25, 0.3) is 0 Å². The van der Waals surface area contributed by atoms with E-state index in [4.69, 9.17) is 9.47 Å². The van der Waals surface area contributed by atoms with E-state index in [-0.39, 0.29) is 29.6 Å². The zero-order valence-electron chi connectivity index (χ0n) is 20.6. The van der Waals surface area contributed by atoms with Crippen molar-refractivity contribution in [3.05, 3.63) is 65.7 Å². The highest BCUT2D eigenvalue weighted by molar-refractivity contribution is 5.83. The second-order valence-corrected chi connectivity index (χ2v) is 9.67. The van der Waals surface area contributed by atoms with Crippen molar-refractivity contribution < 1.29 is 19.1 Å². The van der Waals surface area contributed by atoms with Gasteiger partial charge in [-0.1, -0.05) is 42.5 Å². The molecule has 2 amide bonds. The van der Waals surface area contributed by atoms with Crippen molar-refractivity contribution in [1.82, 2.24) is 14.7 Å². The summed E-state index contributed by atoms with van der Waals surface area (Å²) in [6.45, 7) is 1.08. The molecule has 7 heteroatoms. The highest BCUT2D eigenvalue weighted by atomic mass is 16.5. The van der Waals surface area contributed by atoms with Crippen molar-refractivity contribution >= 4 is 12.0 Å². The molecule has 0 N–H and O–H groups in total. The summed E-state index contributed by atoms with van der Waals surface area (Å²) in [6.07, 6.45) is 3.46. The molecule has 2 aromatic rings. The molecule has 1 heterocycles. The Labute approximate surface area is 202 Å². The van der Waals surface area contributed by atoms with Gasteiger partial charge in [0.2, 0.25) is 0 Å². The average molecular weight is 466 g/mol. The highest BCUT2D eigenvalue weighted by Gasteiger charge is 2.54. The zero-order valence-corrected chi connectivity index (χ0v) is 20.6. The summed E-state index contributed by atoms with van der Waals surface area (Å²) in [5.74, 6) is 0.403. The van der Waals surface area contributed by atoms with Gasteiger partial charge in [0, 0.05) is 18.6 Å². The summed E-state index contributed by atoms with van der Waals surface area (Å²) in [5, 5.41) is 0. The number of carbonyl (C=O) groups is 2. The highest BCUT2D eigenvalue weighted by Crippen LogP contribution is 2.49. The topological polar surface area (TPSA) is 62.3 Å². The third-order valence-corrected chi connectivity index (χ3v) is 7.78. The molecule has 4 rings (SSSR count). The number of benzene rings is 2. The lowest BCUT2D eigenvalue weighted by molar-refractivity contribution is -0.142. The second kappa shape index (κ2) is 9.66. The Morgan fingerprint density at radius 2 is 1.62 bits per heavy atom. The summed E-state index contributed by atoms with van der Waals surface area (Å²) in [6, 6.07) is 18.3. The molecular weight excluding hydrogens is 430 g/mol. The molecule has 2 aromatic carbocycles. The van der Waals surface area contributed by atoms with Crippen LogP contribution in [0.1, 0.15) is 36.8 Å². The Hall–Kier alpha value is -3.06. The molecule has 1 aliphatic carbocycles. The molecule has 34 heavy (non-hydrogen) atoms. The minimum atomic E-state index is -0.383. The van der Waals surface area contributed by atoms with Crippen LogP contribution < -0.4 is 4.74 Å². The number of ether oxygens (including phenoxy) is 2. The standard InChI is InChI=1S/C27H35N3O4/c1-28(2)27(22-8-6-5-7-9-22)16-14-26(15-17-27)20-29(25(32)30(26)19-24(31)34-4)18-21-10-12-23(33-3)13-11-21/h5-13H,14-20H2,1-4H3/t26-,27-. The fourth-order valence-corrected chi connectivity index (χ4v) is 5.69. The van der Waals surface area contributed by atoms with Gasteiger partial charge in [0.25, 0.3) is 0 Å². The van der Waals surface area contributed by atoms with Crippen LogP contribution in [-0.4, -0.2) is 73.6 Å². The van der Waals surface area contributed by atoms with Gasteiger partial charge in [-0.25, -0.2) is 4.79 Å². The predicted octanol–water partition coefficient (Wildman–Crippen LogP) is 3.88. The van der Waals surface area contributed by atoms with Gasteiger partial charge in [0.1, 0.15) is 12.3 Å². The Morgan fingerprint density at radius 1 is 0.971 bits per heavy atom. The molecule has 0 bridgehead atoms. The Bertz CT molecular complexity index is 998. The number of esters is 1. The molecule has 1 aliphatic heterocycles. The fraction of sp³-hybridized carbons (Fsp3) is 0.481. The van der Waals surface area contributed by atoms with Crippen LogP contribution in [0.3, 0.4) is 0 Å². The Balaban J connectivity index is 1.59. The summed E-state index contributed by atoms with van der Waals surface area (Å²) >= 11 is 0. The van der Waals surface area contributed by atoms with Crippen LogP contribution in [0.15, 0.2) is 54.6 Å². The van der Waals surface area contributed by atoms with E-state index in [0.717, 1.165) is 37.0 Å². The van der Waals surface area contributed by atoms with E-state index in [1.807, 2.05) is 35.2 Å². The Morgan fingerprint density at radius 3 is 2.18 bits per heavy atom. The fourth-order valence-electron chi connectivity index (χ4n) is 5.69. The van der Waals surface area contributed by atoms with Crippen molar-refractivity contribution in [1.29, 1.82) is 0 Å². The maximum absolute atomic E-state index is 13.5. The molecule has 0 radical (unpaired) electrons. The molecule has 2 fully saturated rings. The third-order valence-electron chi connectivity index (χ3n) is 7.78. The summed E-state index contributed by atoms with van der Waals surface area (Å²) in [4.78, 5) is 31.8. The van der Waals surface area contributed by atoms with E-state index in [1.54, 1.807) is 12.0 Å². The van der Waals surface area contributed by atoms with Crippen molar-refractivity contribution in [3.63, 3.8) is 0 Å². The number of hydrogen-bond acceptors (Lipinski definition) is 5. The number of rotatable bonds is 7. The number of carbonyl (C=O) groups excluding carboxylic acids is 2. The molecule has 1 saturated heterocycles. The van der Waals surface area contributed by atoms with E-state index < -0.39 is 0 Å². The molecule has 0 atom stereocenters. The predicted molar refractivity (Wildman–Crippen MR) is 131 cm³/mol. The lowest BCUT2D eigenvalue weighted by Crippen LogP contribution is -2.56. The molecule has 182 valence electrons. The second-order valence-electron chi connectivity index (χ2n) is 9.67. The first-order valence-corrected chi connectivity index (χ1v) is 11.8. The largest absolute Gasteiger partial charge is 0.497 e. The first kappa shape index (κ1) is 24.1. The van der Waals surface area contributed by atoms with Gasteiger partial charge in [-0.2, -0.15) is 0 Å². The van der Waals surface area contributed by atoms with E-state index in [0.29, 0.717) is 13.1 Å². The van der Waals surface area contributed by atoms with Gasteiger partial charge < -0.3 is 19.3 Å². The number of amides is 2. The minimum Gasteiger partial charge on any atom is -0.497 e. The molecular formula is C27H35N3O4. The minimum absolute atomic E-state index is 0.0191. The van der Waals surface area contributed by atoms with Crippen molar-refractivity contribution in [2.45, 2.75) is 43.3 Å². The van der Waals surface area contributed by atoms with Gasteiger partial charge >= 0.3 is 12.0 Å². The van der Waals surface area contributed by atoms with E-state index in [2.05, 4.69) is 43.3 Å². The van der Waals surface area contributed by atoms with Gasteiger partial charge in [-0.15, -0.1) is 0 Å². The lowest BCUT2D eigenvalue weighted by atomic mass is 9.68. The first-order valence-electron chi connectivity index (χ1n) is 11.8. The van der Waals surface area contributed by atoms with Crippen molar-refractivity contribution in [2.24, 2.45) is 0 Å². The molecule has 0 unspecified atom stereocenters. The first-order chi connectivity index (χ1) is 16.3. The van der Waals surface area contributed by atoms with Gasteiger partial charge in [-0.05, 0) is 63.0 Å². The summed E-state index contributed by atoms with van der Waals surface area (Å²) in [5.41, 5.74) is 1.86. The van der Waals surface area contributed by atoms with Crippen LogP contribution in [0, 0.1) is 0 Å². The molecule has 2 aliphatic rings. The van der Waals surface area contributed by atoms with Gasteiger partial charge in [0.05, 0.1) is 19.8 Å². The van der Waals surface area contributed by atoms with E-state index in [9.17, 15) is 9.59 Å². The molecule has 0 aromatic heterocycles. The summed E-state index contributed by atoms with van der Waals surface area (Å²) < 4.78 is 10.2. The quantitative estimate of drug-likeness (QED) is 0.581. The molecule has 1 saturated carbocycles. The van der Waals surface area contributed by atoms with Crippen LogP contribution >= 0.6 is 0 Å². The molecule has 7 nitrogen and oxygen atoms in total. The maximum Gasteiger partial charge on any atom is 0.325 e. The zero-order chi connectivity index (χ0) is 24.3. The van der Waals surface area contributed by atoms with Gasteiger partial charge in [0.15, 0.2) is 0 Å². The molecule has 1 spiro atoms. The normalized spacial score (nSPS) is 24.7. The van der Waals surface area contributed by atoms with Crippen LogP contribution in [-0.2, 0) is 21.6 Å². The van der Waals surface area contributed by atoms with E-state index >= 15 is 0 Å². The monoisotopic (exact) mass is 465 g/mol. The van der Waals surface area contributed by atoms with Crippen LogP contribution in [0.5, 0.6) is 5.75 Å². The van der Waals surface area contributed by atoms with Crippen molar-refractivity contribution in [3.8, 4) is 5.75 Å². The summed E-state index contributed by atoms with van der Waals surface area (Å²) in [7, 11) is 7.28. The number of nitrogens with zero attached hydrogens (tertiary/aromatic N) is 3. The van der Waals surface area contributed by atoms with Crippen LogP contribution in [0.2, 0.25) is 0 Å². The number of methoxy groups -OCH3 is 2. The number of urea groups is 1. The van der Waals surface area contributed by atoms with E-state index in [1.165, 1.54) is 12.7 Å². The average Bonchev–Trinajstić information content (AvgIpc) is 3.10. The van der Waals surface area contributed by atoms with Gasteiger partial charge in [-0.3, -0.25) is 9.69 Å². The van der Waals surface area contributed by atoms with Crippen molar-refractivity contribution in [2.75, 3.05) is 41.4 Å². The third kappa shape index (κ3) is 4.37. The maximum atomic E-state index is 13.5.